The zero-order valence-corrected chi connectivity index (χ0v) is 19.9. The summed E-state index contributed by atoms with van der Waals surface area (Å²) < 4.78 is 35.3. The van der Waals surface area contributed by atoms with Crippen molar-refractivity contribution >= 4 is 27.0 Å². The van der Waals surface area contributed by atoms with Crippen LogP contribution in [0.3, 0.4) is 0 Å². The molecule has 2 heterocycles. The van der Waals surface area contributed by atoms with Gasteiger partial charge in [-0.05, 0) is 42.7 Å². The second kappa shape index (κ2) is 10.6. The number of methoxy groups -OCH3 is 1. The topological polar surface area (TPSA) is 63.9 Å². The van der Waals surface area contributed by atoms with Crippen molar-refractivity contribution in [3.8, 4) is 11.3 Å². The minimum atomic E-state index is -3.45. The van der Waals surface area contributed by atoms with E-state index in [1.165, 1.54) is 0 Å². The van der Waals surface area contributed by atoms with Gasteiger partial charge >= 0.3 is 0 Å². The SMILES string of the molecule is COCCn1c(-c2ccc(S(=O)(=O)N3CCCCCC3)cc2)csc1=Nc1ccccc1. The predicted molar refractivity (Wildman–Crippen MR) is 129 cm³/mol. The zero-order valence-electron chi connectivity index (χ0n) is 18.3. The lowest BCUT2D eigenvalue weighted by Gasteiger charge is -2.20. The third kappa shape index (κ3) is 5.20. The molecule has 32 heavy (non-hydrogen) atoms. The van der Waals surface area contributed by atoms with E-state index in [9.17, 15) is 8.42 Å². The van der Waals surface area contributed by atoms with E-state index in [0.717, 1.165) is 47.4 Å². The summed E-state index contributed by atoms with van der Waals surface area (Å²) in [4.78, 5) is 6.03. The molecule has 0 unspecified atom stereocenters. The van der Waals surface area contributed by atoms with Crippen LogP contribution in [0.25, 0.3) is 11.3 Å². The van der Waals surface area contributed by atoms with Gasteiger partial charge in [-0.15, -0.1) is 11.3 Å². The lowest BCUT2D eigenvalue weighted by molar-refractivity contribution is 0.187. The molecule has 0 bridgehead atoms. The van der Waals surface area contributed by atoms with Crippen molar-refractivity contribution in [3.63, 3.8) is 0 Å². The predicted octanol–water partition coefficient (Wildman–Crippen LogP) is 4.66. The van der Waals surface area contributed by atoms with E-state index in [-0.39, 0.29) is 0 Å². The van der Waals surface area contributed by atoms with Crippen molar-refractivity contribution in [2.75, 3.05) is 26.8 Å². The molecule has 1 aliphatic rings. The molecule has 0 N–H and O–H groups in total. The molecule has 0 atom stereocenters. The molecule has 170 valence electrons. The van der Waals surface area contributed by atoms with E-state index in [1.54, 1.807) is 34.9 Å². The fourth-order valence-corrected chi connectivity index (χ4v) is 6.36. The monoisotopic (exact) mass is 471 g/mol. The summed E-state index contributed by atoms with van der Waals surface area (Å²) in [6.45, 7) is 2.44. The van der Waals surface area contributed by atoms with Crippen molar-refractivity contribution in [2.45, 2.75) is 37.1 Å². The lowest BCUT2D eigenvalue weighted by Crippen LogP contribution is -2.31. The maximum absolute atomic E-state index is 13.1. The first-order valence-electron chi connectivity index (χ1n) is 11.0. The number of aromatic nitrogens is 1. The molecule has 1 saturated heterocycles. The van der Waals surface area contributed by atoms with Gasteiger partial charge in [0.15, 0.2) is 4.80 Å². The normalized spacial score (nSPS) is 16.2. The van der Waals surface area contributed by atoms with Crippen LogP contribution in [-0.4, -0.2) is 44.1 Å². The Morgan fingerprint density at radius 3 is 2.31 bits per heavy atom. The van der Waals surface area contributed by atoms with Crippen LogP contribution in [0.2, 0.25) is 0 Å². The quantitative estimate of drug-likeness (QED) is 0.503. The molecule has 8 heteroatoms. The van der Waals surface area contributed by atoms with Gasteiger partial charge in [0.05, 0.1) is 22.9 Å². The van der Waals surface area contributed by atoms with Gasteiger partial charge < -0.3 is 9.30 Å². The molecular weight excluding hydrogens is 442 g/mol. The van der Waals surface area contributed by atoms with Gasteiger partial charge in [-0.25, -0.2) is 13.4 Å². The van der Waals surface area contributed by atoms with Crippen molar-refractivity contribution in [3.05, 3.63) is 64.8 Å². The van der Waals surface area contributed by atoms with Gasteiger partial charge in [0, 0.05) is 32.1 Å². The van der Waals surface area contributed by atoms with Crippen LogP contribution in [0.1, 0.15) is 25.7 Å². The Hall–Kier alpha value is -2.26. The first kappa shape index (κ1) is 22.9. The molecule has 3 aromatic rings. The van der Waals surface area contributed by atoms with Gasteiger partial charge in [0.2, 0.25) is 10.0 Å². The molecular formula is C24H29N3O3S2. The van der Waals surface area contributed by atoms with Crippen LogP contribution in [0.15, 0.2) is 69.9 Å². The van der Waals surface area contributed by atoms with Crippen molar-refractivity contribution < 1.29 is 13.2 Å². The Balaban J connectivity index is 1.66. The summed E-state index contributed by atoms with van der Waals surface area (Å²) in [5, 5.41) is 2.07. The Morgan fingerprint density at radius 2 is 1.66 bits per heavy atom. The molecule has 6 nitrogen and oxygen atoms in total. The van der Waals surface area contributed by atoms with E-state index in [4.69, 9.17) is 9.73 Å². The van der Waals surface area contributed by atoms with E-state index in [2.05, 4.69) is 9.95 Å². The fourth-order valence-electron chi connectivity index (χ4n) is 3.89. The second-order valence-electron chi connectivity index (χ2n) is 7.84. The highest BCUT2D eigenvalue weighted by molar-refractivity contribution is 7.89. The Bertz CT molecular complexity index is 1180. The van der Waals surface area contributed by atoms with Crippen LogP contribution >= 0.6 is 11.3 Å². The maximum atomic E-state index is 13.1. The molecule has 1 aromatic heterocycles. The zero-order chi connectivity index (χ0) is 22.4. The van der Waals surface area contributed by atoms with Gasteiger partial charge in [-0.2, -0.15) is 4.31 Å². The smallest absolute Gasteiger partial charge is 0.243 e. The molecule has 1 fully saturated rings. The van der Waals surface area contributed by atoms with Gasteiger partial charge in [-0.1, -0.05) is 43.2 Å². The molecule has 2 aromatic carbocycles. The summed E-state index contributed by atoms with van der Waals surface area (Å²) in [5.74, 6) is 0. The number of benzene rings is 2. The molecule has 1 aliphatic heterocycles. The average Bonchev–Trinajstić information content (AvgIpc) is 3.00. The summed E-state index contributed by atoms with van der Waals surface area (Å²) in [6, 6.07) is 17.1. The van der Waals surface area contributed by atoms with Crippen molar-refractivity contribution in [1.82, 2.24) is 8.87 Å². The standard InChI is InChI=1S/C24H29N3O3S2/c1-30-18-17-27-23(19-31-24(27)25-21-9-5-4-6-10-21)20-11-13-22(14-12-20)32(28,29)26-15-7-2-3-8-16-26/h4-6,9-14,19H,2-3,7-8,15-18H2,1H3. The summed E-state index contributed by atoms with van der Waals surface area (Å²) in [7, 11) is -1.77. The van der Waals surface area contributed by atoms with Crippen LogP contribution in [0.5, 0.6) is 0 Å². The van der Waals surface area contributed by atoms with E-state index >= 15 is 0 Å². The minimum absolute atomic E-state index is 0.357. The number of thiazole rings is 1. The largest absolute Gasteiger partial charge is 0.383 e. The molecule has 0 amide bonds. The Morgan fingerprint density at radius 1 is 0.969 bits per heavy atom. The number of ether oxygens (including phenoxy) is 1. The Labute approximate surface area is 193 Å². The van der Waals surface area contributed by atoms with E-state index in [1.807, 2.05) is 42.5 Å². The minimum Gasteiger partial charge on any atom is -0.383 e. The third-order valence-electron chi connectivity index (χ3n) is 5.65. The molecule has 0 radical (unpaired) electrons. The molecule has 0 aliphatic carbocycles. The number of nitrogens with zero attached hydrogens (tertiary/aromatic N) is 3. The van der Waals surface area contributed by atoms with Crippen molar-refractivity contribution in [1.29, 1.82) is 0 Å². The highest BCUT2D eigenvalue weighted by Gasteiger charge is 2.25. The number of rotatable bonds is 7. The highest BCUT2D eigenvalue weighted by Crippen LogP contribution is 2.25. The average molecular weight is 472 g/mol. The molecule has 0 saturated carbocycles. The third-order valence-corrected chi connectivity index (χ3v) is 8.43. The molecule has 4 rings (SSSR count). The van der Waals surface area contributed by atoms with Crippen LogP contribution in [0.4, 0.5) is 5.69 Å². The van der Waals surface area contributed by atoms with Crippen LogP contribution < -0.4 is 4.80 Å². The van der Waals surface area contributed by atoms with Gasteiger partial charge in [-0.3, -0.25) is 0 Å². The number of sulfonamides is 1. The van der Waals surface area contributed by atoms with Crippen LogP contribution in [0, 0.1) is 0 Å². The van der Waals surface area contributed by atoms with E-state index in [0.29, 0.717) is 31.1 Å². The number of para-hydroxylation sites is 1. The number of hydrogen-bond acceptors (Lipinski definition) is 5. The maximum Gasteiger partial charge on any atom is 0.243 e. The lowest BCUT2D eigenvalue weighted by atomic mass is 10.2. The Kier molecular flexibility index (Phi) is 7.57. The first-order valence-corrected chi connectivity index (χ1v) is 13.3. The number of hydrogen-bond donors (Lipinski definition) is 0. The highest BCUT2D eigenvalue weighted by atomic mass is 32.2. The first-order chi connectivity index (χ1) is 15.6. The second-order valence-corrected chi connectivity index (χ2v) is 10.6. The van der Waals surface area contributed by atoms with Crippen LogP contribution in [-0.2, 0) is 21.3 Å². The van der Waals surface area contributed by atoms with Crippen molar-refractivity contribution in [2.24, 2.45) is 4.99 Å². The fraction of sp³-hybridized carbons (Fsp3) is 0.375. The van der Waals surface area contributed by atoms with Gasteiger partial charge in [0.1, 0.15) is 0 Å². The molecule has 0 spiro atoms. The summed E-state index contributed by atoms with van der Waals surface area (Å²) in [6.07, 6.45) is 4.06. The van der Waals surface area contributed by atoms with Gasteiger partial charge in [0.25, 0.3) is 0 Å². The summed E-state index contributed by atoms with van der Waals surface area (Å²) in [5.41, 5.74) is 2.85. The van der Waals surface area contributed by atoms with E-state index < -0.39 is 10.0 Å². The summed E-state index contributed by atoms with van der Waals surface area (Å²) >= 11 is 1.57.